The second-order valence-electron chi connectivity index (χ2n) is 5.79. The molecule has 122 valence electrons. The van der Waals surface area contributed by atoms with E-state index in [4.69, 9.17) is 9.84 Å². The first-order valence-corrected chi connectivity index (χ1v) is 6.68. The van der Waals surface area contributed by atoms with Gasteiger partial charge in [0.1, 0.15) is 5.60 Å². The standard InChI is InChI=1S/C15H19F2NO4/c1-15(2,3)22-14(21)18-10-6-4-5-9(7-10)11(13(16)17)8-12(19)20/h4-7,11,13H,8H2,1-3H3,(H,18,21)(H,19,20). The van der Waals surface area contributed by atoms with Crippen molar-refractivity contribution in [2.24, 2.45) is 0 Å². The number of hydrogen-bond donors (Lipinski definition) is 2. The zero-order chi connectivity index (χ0) is 16.9. The summed E-state index contributed by atoms with van der Waals surface area (Å²) in [7, 11) is 0. The lowest BCUT2D eigenvalue weighted by Gasteiger charge is -2.20. The third-order valence-corrected chi connectivity index (χ3v) is 2.66. The highest BCUT2D eigenvalue weighted by Crippen LogP contribution is 2.28. The molecule has 0 saturated heterocycles. The van der Waals surface area contributed by atoms with E-state index >= 15 is 0 Å². The van der Waals surface area contributed by atoms with Crippen LogP contribution in [0.1, 0.15) is 38.7 Å². The molecular formula is C15H19F2NO4. The average molecular weight is 315 g/mol. The van der Waals surface area contributed by atoms with Gasteiger partial charge in [-0.05, 0) is 38.5 Å². The van der Waals surface area contributed by atoms with Crippen LogP contribution < -0.4 is 5.32 Å². The Morgan fingerprint density at radius 1 is 1.32 bits per heavy atom. The maximum atomic E-state index is 13.0. The number of carbonyl (C=O) groups excluding carboxylic acids is 1. The van der Waals surface area contributed by atoms with Gasteiger partial charge in [0.25, 0.3) is 0 Å². The number of carbonyl (C=O) groups is 2. The molecule has 1 aromatic carbocycles. The number of halogens is 2. The Bertz CT molecular complexity index is 541. The van der Waals surface area contributed by atoms with Crippen LogP contribution in [0.5, 0.6) is 0 Å². The number of nitrogens with one attached hydrogen (secondary N) is 1. The smallest absolute Gasteiger partial charge is 0.412 e. The largest absolute Gasteiger partial charge is 0.481 e. The molecule has 0 saturated carbocycles. The molecule has 0 fully saturated rings. The van der Waals surface area contributed by atoms with Crippen LogP contribution in [0.3, 0.4) is 0 Å². The molecular weight excluding hydrogens is 296 g/mol. The van der Waals surface area contributed by atoms with Gasteiger partial charge in [-0.15, -0.1) is 0 Å². The van der Waals surface area contributed by atoms with Gasteiger partial charge in [-0.2, -0.15) is 0 Å². The first-order valence-electron chi connectivity index (χ1n) is 6.68. The van der Waals surface area contributed by atoms with Crippen molar-refractivity contribution in [1.29, 1.82) is 0 Å². The lowest BCUT2D eigenvalue weighted by Crippen LogP contribution is -2.27. The van der Waals surface area contributed by atoms with Crippen molar-refractivity contribution in [2.45, 2.75) is 45.1 Å². The summed E-state index contributed by atoms with van der Waals surface area (Å²) in [5, 5.41) is 11.1. The normalized spacial score (nSPS) is 12.8. The van der Waals surface area contributed by atoms with Crippen LogP contribution in [0, 0.1) is 0 Å². The van der Waals surface area contributed by atoms with E-state index in [-0.39, 0.29) is 11.3 Å². The number of hydrogen-bond acceptors (Lipinski definition) is 3. The lowest BCUT2D eigenvalue weighted by atomic mass is 9.96. The molecule has 2 N–H and O–H groups in total. The van der Waals surface area contributed by atoms with Crippen molar-refractivity contribution >= 4 is 17.7 Å². The summed E-state index contributed by atoms with van der Waals surface area (Å²) >= 11 is 0. The van der Waals surface area contributed by atoms with Crippen molar-refractivity contribution in [3.05, 3.63) is 29.8 Å². The van der Waals surface area contributed by atoms with Crippen molar-refractivity contribution < 1.29 is 28.2 Å². The Balaban J connectivity index is 2.88. The number of ether oxygens (including phenoxy) is 1. The number of anilines is 1. The fourth-order valence-corrected chi connectivity index (χ4v) is 1.81. The predicted molar refractivity (Wildman–Crippen MR) is 77.3 cm³/mol. The number of rotatable bonds is 5. The molecule has 0 aliphatic heterocycles. The number of amides is 1. The van der Waals surface area contributed by atoms with Gasteiger partial charge < -0.3 is 9.84 Å². The molecule has 5 nitrogen and oxygen atoms in total. The van der Waals surface area contributed by atoms with Gasteiger partial charge in [0, 0.05) is 5.69 Å². The minimum absolute atomic E-state index is 0.144. The molecule has 7 heteroatoms. The maximum absolute atomic E-state index is 13.0. The van der Waals surface area contributed by atoms with E-state index in [1.54, 1.807) is 20.8 Å². The fraction of sp³-hybridized carbons (Fsp3) is 0.467. The second-order valence-corrected chi connectivity index (χ2v) is 5.79. The second kappa shape index (κ2) is 7.20. The SMILES string of the molecule is CC(C)(C)OC(=O)Nc1cccc(C(CC(=O)O)C(F)F)c1. The molecule has 0 radical (unpaired) electrons. The maximum Gasteiger partial charge on any atom is 0.412 e. The van der Waals surface area contributed by atoms with Gasteiger partial charge in [-0.1, -0.05) is 12.1 Å². The van der Waals surface area contributed by atoms with Crippen molar-refractivity contribution in [3.8, 4) is 0 Å². The van der Waals surface area contributed by atoms with Crippen LogP contribution in [-0.4, -0.2) is 29.2 Å². The molecule has 0 bridgehead atoms. The molecule has 0 aliphatic carbocycles. The zero-order valence-corrected chi connectivity index (χ0v) is 12.6. The Morgan fingerprint density at radius 2 is 1.95 bits per heavy atom. The fourth-order valence-electron chi connectivity index (χ4n) is 1.81. The highest BCUT2D eigenvalue weighted by molar-refractivity contribution is 5.85. The van der Waals surface area contributed by atoms with Crippen LogP contribution in [0.2, 0.25) is 0 Å². The quantitative estimate of drug-likeness (QED) is 0.865. The molecule has 1 aromatic rings. The third-order valence-electron chi connectivity index (χ3n) is 2.66. The van der Waals surface area contributed by atoms with Crippen LogP contribution in [0.15, 0.2) is 24.3 Å². The molecule has 1 amide bonds. The first-order chi connectivity index (χ1) is 10.1. The summed E-state index contributed by atoms with van der Waals surface area (Å²) in [5.74, 6) is -2.74. The molecule has 1 rings (SSSR count). The number of benzene rings is 1. The van der Waals surface area contributed by atoms with Gasteiger partial charge in [-0.25, -0.2) is 13.6 Å². The molecule has 22 heavy (non-hydrogen) atoms. The van der Waals surface area contributed by atoms with E-state index < -0.39 is 36.4 Å². The Hall–Kier alpha value is -2.18. The summed E-state index contributed by atoms with van der Waals surface area (Å²) in [6.45, 7) is 5.09. The summed E-state index contributed by atoms with van der Waals surface area (Å²) in [5.41, 5.74) is -0.273. The summed E-state index contributed by atoms with van der Waals surface area (Å²) < 4.78 is 31.0. The van der Waals surface area contributed by atoms with Gasteiger partial charge in [-0.3, -0.25) is 10.1 Å². The average Bonchev–Trinajstić information content (AvgIpc) is 2.33. The van der Waals surface area contributed by atoms with Gasteiger partial charge in [0.2, 0.25) is 6.43 Å². The van der Waals surface area contributed by atoms with Crippen molar-refractivity contribution in [3.63, 3.8) is 0 Å². The van der Waals surface area contributed by atoms with Gasteiger partial charge in [0.05, 0.1) is 12.3 Å². The number of alkyl halides is 2. The summed E-state index contributed by atoms with van der Waals surface area (Å²) in [6, 6.07) is 5.71. The molecule has 1 unspecified atom stereocenters. The topological polar surface area (TPSA) is 75.6 Å². The first kappa shape index (κ1) is 17.9. The van der Waals surface area contributed by atoms with E-state index in [2.05, 4.69) is 5.32 Å². The Kier molecular flexibility index (Phi) is 5.84. The molecule has 0 heterocycles. The van der Waals surface area contributed by atoms with E-state index in [0.29, 0.717) is 0 Å². The molecule has 0 spiro atoms. The highest BCUT2D eigenvalue weighted by Gasteiger charge is 2.25. The van der Waals surface area contributed by atoms with E-state index in [9.17, 15) is 18.4 Å². The lowest BCUT2D eigenvalue weighted by molar-refractivity contribution is -0.138. The van der Waals surface area contributed by atoms with E-state index in [0.717, 1.165) is 0 Å². The number of carboxylic acid groups (broad SMARTS) is 1. The Morgan fingerprint density at radius 3 is 2.45 bits per heavy atom. The minimum Gasteiger partial charge on any atom is -0.481 e. The van der Waals surface area contributed by atoms with Crippen LogP contribution in [0.25, 0.3) is 0 Å². The predicted octanol–water partition coefficient (Wildman–Crippen LogP) is 3.86. The zero-order valence-electron chi connectivity index (χ0n) is 12.6. The van der Waals surface area contributed by atoms with Crippen LogP contribution in [-0.2, 0) is 9.53 Å². The monoisotopic (exact) mass is 315 g/mol. The van der Waals surface area contributed by atoms with Crippen molar-refractivity contribution in [1.82, 2.24) is 0 Å². The minimum atomic E-state index is -2.81. The number of aliphatic carboxylic acids is 1. The van der Waals surface area contributed by atoms with Gasteiger partial charge in [0.15, 0.2) is 0 Å². The third kappa shape index (κ3) is 6.07. The van der Waals surface area contributed by atoms with Crippen LogP contribution >= 0.6 is 0 Å². The highest BCUT2D eigenvalue weighted by atomic mass is 19.3. The number of carboxylic acids is 1. The van der Waals surface area contributed by atoms with Crippen LogP contribution in [0.4, 0.5) is 19.3 Å². The molecule has 1 atom stereocenters. The summed E-state index contributed by atoms with van der Waals surface area (Å²) in [6.07, 6.45) is -4.21. The molecule has 0 aromatic heterocycles. The van der Waals surface area contributed by atoms with E-state index in [1.165, 1.54) is 24.3 Å². The molecule has 0 aliphatic rings. The summed E-state index contributed by atoms with van der Waals surface area (Å²) in [4.78, 5) is 22.3. The van der Waals surface area contributed by atoms with Gasteiger partial charge >= 0.3 is 12.1 Å². The van der Waals surface area contributed by atoms with E-state index in [1.807, 2.05) is 0 Å². The Labute approximate surface area is 127 Å². The van der Waals surface area contributed by atoms with Crippen molar-refractivity contribution in [2.75, 3.05) is 5.32 Å².